The summed E-state index contributed by atoms with van der Waals surface area (Å²) < 4.78 is 45.9. The van der Waals surface area contributed by atoms with Gasteiger partial charge in [-0.25, -0.2) is 0 Å². The summed E-state index contributed by atoms with van der Waals surface area (Å²) in [6.07, 6.45) is -4.78. The smallest absolute Gasteiger partial charge is 0.404 e. The van der Waals surface area contributed by atoms with Gasteiger partial charge in [-0.15, -0.1) is 37.1 Å². The Bertz CT molecular complexity index is 536. The fourth-order valence-corrected chi connectivity index (χ4v) is 1.44. The number of nitrogens with two attached hydrogens (primary N) is 1. The van der Waals surface area contributed by atoms with Gasteiger partial charge in [-0.3, -0.25) is 4.99 Å². The van der Waals surface area contributed by atoms with Gasteiger partial charge in [0.25, 0.3) is 0 Å². The summed E-state index contributed by atoms with van der Waals surface area (Å²) in [5, 5.41) is 2.56. The zero-order valence-corrected chi connectivity index (χ0v) is 14.9. The maximum Gasteiger partial charge on any atom is 0.573 e. The molecule has 0 fully saturated rings. The summed E-state index contributed by atoms with van der Waals surface area (Å²) in [6, 6.07) is 5.56. The number of nitrogens with zero attached hydrogens (tertiary/aromatic N) is 1. The van der Waals surface area contributed by atoms with E-state index in [1.165, 1.54) is 18.2 Å². The average Bonchev–Trinajstić information content (AvgIpc) is 2.38. The van der Waals surface area contributed by atoms with E-state index >= 15 is 0 Å². The Hall–Kier alpha value is -1.49. The van der Waals surface area contributed by atoms with Crippen LogP contribution in [0.4, 0.5) is 18.9 Å². The zero-order chi connectivity index (χ0) is 16.6. The van der Waals surface area contributed by atoms with Crippen LogP contribution in [0.25, 0.3) is 0 Å². The van der Waals surface area contributed by atoms with E-state index in [2.05, 4.69) is 21.6 Å². The summed E-state index contributed by atoms with van der Waals surface area (Å²) >= 11 is 0. The summed E-state index contributed by atoms with van der Waals surface area (Å²) in [4.78, 5) is 3.95. The molecule has 0 spiro atoms. The van der Waals surface area contributed by atoms with Gasteiger partial charge in [0.15, 0.2) is 11.7 Å². The molecule has 0 atom stereocenters. The number of rotatable bonds is 7. The summed E-state index contributed by atoms with van der Waals surface area (Å²) in [7, 11) is 0. The number of aliphatic imine (C=N–C) groups is 1. The molecule has 130 valence electrons. The van der Waals surface area contributed by atoms with Crippen LogP contribution in [-0.2, 0) is 4.74 Å². The van der Waals surface area contributed by atoms with Crippen molar-refractivity contribution < 1.29 is 22.6 Å². The van der Waals surface area contributed by atoms with Crippen LogP contribution >= 0.6 is 24.0 Å². The minimum absolute atomic E-state index is 0. The Kier molecular flexibility index (Phi) is 9.65. The number of nitrogens with one attached hydrogen (secondary N) is 1. The maximum absolute atomic E-state index is 12.3. The number of alkyl halides is 3. The zero-order valence-electron chi connectivity index (χ0n) is 12.5. The van der Waals surface area contributed by atoms with E-state index in [1.807, 2.05) is 6.92 Å². The second-order valence-electron chi connectivity index (χ2n) is 4.45. The Labute approximate surface area is 149 Å². The molecule has 1 aromatic carbocycles. The van der Waals surface area contributed by atoms with Gasteiger partial charge in [0.05, 0.1) is 25.4 Å². The molecule has 0 heterocycles. The molecule has 9 heteroatoms. The van der Waals surface area contributed by atoms with E-state index in [4.69, 9.17) is 10.5 Å². The van der Waals surface area contributed by atoms with Crippen LogP contribution in [0.3, 0.4) is 0 Å². The molecule has 0 bridgehead atoms. The van der Waals surface area contributed by atoms with Crippen LogP contribution in [0.2, 0.25) is 0 Å². The second kappa shape index (κ2) is 10.3. The van der Waals surface area contributed by atoms with E-state index in [9.17, 15) is 13.2 Å². The Morgan fingerprint density at radius 2 is 2.00 bits per heavy atom. The van der Waals surface area contributed by atoms with Crippen molar-refractivity contribution in [1.29, 1.82) is 0 Å². The van der Waals surface area contributed by atoms with Gasteiger partial charge >= 0.3 is 6.36 Å². The standard InChI is InChI=1S/C14H18F3N3O2.HI/c1-10(2)9-21-8-7-19-13(18)20-11-5-3-4-6-12(11)22-14(15,16)17;/h3-6H,1,7-9H2,2H3,(H3,18,19,20);1H. The van der Waals surface area contributed by atoms with Gasteiger partial charge in [-0.1, -0.05) is 24.3 Å². The predicted molar refractivity (Wildman–Crippen MR) is 94.3 cm³/mol. The van der Waals surface area contributed by atoms with Crippen molar-refractivity contribution in [2.75, 3.05) is 25.1 Å². The number of anilines is 1. The van der Waals surface area contributed by atoms with E-state index in [0.717, 1.165) is 5.57 Å². The van der Waals surface area contributed by atoms with Crippen molar-refractivity contribution >= 4 is 35.6 Å². The first kappa shape index (κ1) is 21.5. The van der Waals surface area contributed by atoms with Crippen molar-refractivity contribution in [3.05, 3.63) is 36.4 Å². The molecular formula is C14H19F3IN3O2. The molecule has 1 rings (SSSR count). The van der Waals surface area contributed by atoms with E-state index < -0.39 is 6.36 Å². The highest BCUT2D eigenvalue weighted by molar-refractivity contribution is 14.0. The summed E-state index contributed by atoms with van der Waals surface area (Å²) in [6.45, 7) is 6.53. The van der Waals surface area contributed by atoms with Crippen molar-refractivity contribution in [1.82, 2.24) is 0 Å². The fourth-order valence-electron chi connectivity index (χ4n) is 1.44. The van der Waals surface area contributed by atoms with Gasteiger partial charge < -0.3 is 20.5 Å². The Morgan fingerprint density at radius 3 is 2.61 bits per heavy atom. The SMILES string of the molecule is C=C(C)COCCN=C(N)Nc1ccccc1OC(F)(F)F.I. The van der Waals surface area contributed by atoms with Gasteiger partial charge in [-0.05, 0) is 19.1 Å². The molecule has 1 aromatic rings. The van der Waals surface area contributed by atoms with Crippen molar-refractivity contribution in [2.24, 2.45) is 10.7 Å². The molecule has 0 radical (unpaired) electrons. The molecule has 3 N–H and O–H groups in total. The second-order valence-corrected chi connectivity index (χ2v) is 4.45. The first-order valence-corrected chi connectivity index (χ1v) is 6.42. The van der Waals surface area contributed by atoms with Crippen LogP contribution in [0.5, 0.6) is 5.75 Å². The lowest BCUT2D eigenvalue weighted by Crippen LogP contribution is -2.25. The third-order valence-corrected chi connectivity index (χ3v) is 2.24. The molecule has 0 saturated carbocycles. The number of para-hydroxylation sites is 2. The number of hydrogen-bond donors (Lipinski definition) is 2. The minimum Gasteiger partial charge on any atom is -0.404 e. The van der Waals surface area contributed by atoms with Crippen LogP contribution in [0, 0.1) is 0 Å². The number of benzene rings is 1. The third kappa shape index (κ3) is 10.00. The van der Waals surface area contributed by atoms with Crippen molar-refractivity contribution in [3.63, 3.8) is 0 Å². The minimum atomic E-state index is -4.78. The molecule has 0 aliphatic heterocycles. The molecule has 0 aromatic heterocycles. The Morgan fingerprint density at radius 1 is 1.35 bits per heavy atom. The quantitative estimate of drug-likeness (QED) is 0.222. The van der Waals surface area contributed by atoms with Crippen LogP contribution in [0.15, 0.2) is 41.4 Å². The molecule has 23 heavy (non-hydrogen) atoms. The van der Waals surface area contributed by atoms with E-state index in [1.54, 1.807) is 6.07 Å². The Balaban J connectivity index is 0.00000484. The van der Waals surface area contributed by atoms with Gasteiger partial charge in [0.1, 0.15) is 0 Å². The highest BCUT2D eigenvalue weighted by Crippen LogP contribution is 2.29. The molecule has 0 saturated heterocycles. The van der Waals surface area contributed by atoms with Crippen molar-refractivity contribution in [2.45, 2.75) is 13.3 Å². The highest BCUT2D eigenvalue weighted by Gasteiger charge is 2.32. The molecule has 0 amide bonds. The van der Waals surface area contributed by atoms with Gasteiger partial charge in [0.2, 0.25) is 0 Å². The lowest BCUT2D eigenvalue weighted by Gasteiger charge is -2.14. The van der Waals surface area contributed by atoms with Crippen LogP contribution < -0.4 is 15.8 Å². The number of halogens is 4. The lowest BCUT2D eigenvalue weighted by molar-refractivity contribution is -0.274. The molecule has 0 aliphatic rings. The molecule has 0 unspecified atom stereocenters. The highest BCUT2D eigenvalue weighted by atomic mass is 127. The number of hydrogen-bond acceptors (Lipinski definition) is 3. The predicted octanol–water partition coefficient (Wildman–Crippen LogP) is 3.52. The first-order chi connectivity index (χ1) is 10.3. The maximum atomic E-state index is 12.3. The summed E-state index contributed by atoms with van der Waals surface area (Å²) in [5.41, 5.74) is 6.57. The molecule has 5 nitrogen and oxygen atoms in total. The normalized spacial score (nSPS) is 11.6. The van der Waals surface area contributed by atoms with Gasteiger partial charge in [0, 0.05) is 0 Å². The topological polar surface area (TPSA) is 68.9 Å². The fraction of sp³-hybridized carbons (Fsp3) is 0.357. The van der Waals surface area contributed by atoms with Crippen LogP contribution in [-0.4, -0.2) is 32.1 Å². The van der Waals surface area contributed by atoms with E-state index in [0.29, 0.717) is 13.2 Å². The lowest BCUT2D eigenvalue weighted by atomic mass is 10.3. The monoisotopic (exact) mass is 445 g/mol. The summed E-state index contributed by atoms with van der Waals surface area (Å²) in [5.74, 6) is -0.413. The first-order valence-electron chi connectivity index (χ1n) is 6.42. The number of guanidine groups is 1. The third-order valence-electron chi connectivity index (χ3n) is 2.24. The van der Waals surface area contributed by atoms with Gasteiger partial charge in [-0.2, -0.15) is 0 Å². The molecule has 0 aliphatic carbocycles. The number of ether oxygens (including phenoxy) is 2. The van der Waals surface area contributed by atoms with Crippen LogP contribution in [0.1, 0.15) is 6.92 Å². The van der Waals surface area contributed by atoms with Crippen molar-refractivity contribution in [3.8, 4) is 5.75 Å². The average molecular weight is 445 g/mol. The van der Waals surface area contributed by atoms with E-state index in [-0.39, 0.29) is 47.9 Å². The largest absolute Gasteiger partial charge is 0.573 e. The molecular weight excluding hydrogens is 426 g/mol.